The lowest BCUT2D eigenvalue weighted by molar-refractivity contribution is 0.199. The molecule has 0 unspecified atom stereocenters. The molecule has 20 heavy (non-hydrogen) atoms. The van der Waals surface area contributed by atoms with Crippen molar-refractivity contribution in [3.8, 4) is 6.07 Å². The molecule has 0 radical (unpaired) electrons. The number of nitrogens with zero attached hydrogens (tertiary/aromatic N) is 2. The van der Waals surface area contributed by atoms with Crippen LogP contribution in [-0.2, 0) is 6.54 Å². The van der Waals surface area contributed by atoms with E-state index < -0.39 is 0 Å². The molecule has 0 aromatic heterocycles. The van der Waals surface area contributed by atoms with Crippen LogP contribution in [0.25, 0.3) is 0 Å². The summed E-state index contributed by atoms with van der Waals surface area (Å²) >= 11 is 0. The fourth-order valence-electron chi connectivity index (χ4n) is 2.98. The molecule has 1 aliphatic rings. The molecule has 1 aromatic rings. The Morgan fingerprint density at radius 3 is 2.85 bits per heavy atom. The lowest BCUT2D eigenvalue weighted by atomic mass is 9.97. The van der Waals surface area contributed by atoms with Gasteiger partial charge in [-0.25, -0.2) is 0 Å². The van der Waals surface area contributed by atoms with Gasteiger partial charge in [-0.05, 0) is 62.5 Å². The molecule has 0 bridgehead atoms. The minimum atomic E-state index is 0.765. The fraction of sp³-hybridized carbons (Fsp3) is 0.588. The van der Waals surface area contributed by atoms with Crippen LogP contribution in [0, 0.1) is 17.2 Å². The molecule has 108 valence electrons. The van der Waals surface area contributed by atoms with Crippen LogP contribution in [0.2, 0.25) is 0 Å². The van der Waals surface area contributed by atoms with Gasteiger partial charge in [0.25, 0.3) is 0 Å². The third-order valence-corrected chi connectivity index (χ3v) is 3.98. The molecule has 0 saturated carbocycles. The first-order valence-electron chi connectivity index (χ1n) is 7.74. The van der Waals surface area contributed by atoms with Gasteiger partial charge in [-0.1, -0.05) is 19.1 Å². The smallest absolute Gasteiger partial charge is 0.0991 e. The van der Waals surface area contributed by atoms with Gasteiger partial charge in [0.1, 0.15) is 0 Å². The monoisotopic (exact) mass is 271 g/mol. The number of hydrogen-bond acceptors (Lipinski definition) is 3. The van der Waals surface area contributed by atoms with Crippen molar-refractivity contribution in [1.82, 2.24) is 10.2 Å². The molecule has 0 atom stereocenters. The second-order valence-electron chi connectivity index (χ2n) is 5.74. The van der Waals surface area contributed by atoms with Crippen LogP contribution in [0.1, 0.15) is 37.3 Å². The predicted octanol–water partition coefficient (Wildman–Crippen LogP) is 2.77. The largest absolute Gasteiger partial charge is 0.317 e. The zero-order valence-electron chi connectivity index (χ0n) is 12.4. The molecule has 1 heterocycles. The average Bonchev–Trinajstić information content (AvgIpc) is 2.49. The van der Waals surface area contributed by atoms with E-state index in [1.54, 1.807) is 0 Å². The first-order chi connectivity index (χ1) is 9.81. The summed E-state index contributed by atoms with van der Waals surface area (Å²) in [6.45, 7) is 7.85. The van der Waals surface area contributed by atoms with Gasteiger partial charge in [-0.3, -0.25) is 4.90 Å². The van der Waals surface area contributed by atoms with Crippen LogP contribution in [-0.4, -0.2) is 31.1 Å². The summed E-state index contributed by atoms with van der Waals surface area (Å²) in [5.74, 6) is 0.821. The summed E-state index contributed by atoms with van der Waals surface area (Å²) in [7, 11) is 0. The number of hydrogen-bond donors (Lipinski definition) is 1. The molecule has 1 aliphatic heterocycles. The maximum Gasteiger partial charge on any atom is 0.0991 e. The molecule has 1 N–H and O–H groups in total. The summed E-state index contributed by atoms with van der Waals surface area (Å²) in [6.07, 6.45) is 3.76. The Labute approximate surface area is 122 Å². The van der Waals surface area contributed by atoms with Crippen molar-refractivity contribution in [2.45, 2.75) is 32.7 Å². The topological polar surface area (TPSA) is 39.1 Å². The van der Waals surface area contributed by atoms with Crippen molar-refractivity contribution < 1.29 is 0 Å². The highest BCUT2D eigenvalue weighted by molar-refractivity contribution is 5.32. The van der Waals surface area contributed by atoms with Gasteiger partial charge >= 0.3 is 0 Å². The van der Waals surface area contributed by atoms with Crippen LogP contribution in [0.3, 0.4) is 0 Å². The van der Waals surface area contributed by atoms with E-state index in [4.69, 9.17) is 5.26 Å². The van der Waals surface area contributed by atoms with Gasteiger partial charge in [0, 0.05) is 13.1 Å². The van der Waals surface area contributed by atoms with E-state index in [0.29, 0.717) is 0 Å². The van der Waals surface area contributed by atoms with Crippen LogP contribution >= 0.6 is 0 Å². The average molecular weight is 271 g/mol. The normalized spacial score (nSPS) is 16.2. The van der Waals surface area contributed by atoms with Gasteiger partial charge in [-0.15, -0.1) is 0 Å². The molecule has 1 aromatic carbocycles. The number of nitriles is 1. The molecule has 3 nitrogen and oxygen atoms in total. The van der Waals surface area contributed by atoms with Crippen molar-refractivity contribution in [3.05, 3.63) is 35.4 Å². The third kappa shape index (κ3) is 4.63. The minimum Gasteiger partial charge on any atom is -0.317 e. The SMILES string of the molecule is CCCN(Cc1cccc(C#N)c1)CC1CCNCC1. The number of benzene rings is 1. The summed E-state index contributed by atoms with van der Waals surface area (Å²) < 4.78 is 0. The van der Waals surface area contributed by atoms with Crippen LogP contribution < -0.4 is 5.32 Å². The van der Waals surface area contributed by atoms with Crippen molar-refractivity contribution in [1.29, 1.82) is 5.26 Å². The molecule has 1 saturated heterocycles. The quantitative estimate of drug-likeness (QED) is 0.864. The van der Waals surface area contributed by atoms with Crippen molar-refractivity contribution in [2.75, 3.05) is 26.2 Å². The van der Waals surface area contributed by atoms with Crippen LogP contribution in [0.5, 0.6) is 0 Å². The van der Waals surface area contributed by atoms with Crippen LogP contribution in [0.4, 0.5) is 0 Å². The van der Waals surface area contributed by atoms with E-state index in [-0.39, 0.29) is 0 Å². The van der Waals surface area contributed by atoms with Crippen molar-refractivity contribution in [3.63, 3.8) is 0 Å². The van der Waals surface area contributed by atoms with E-state index >= 15 is 0 Å². The molecular weight excluding hydrogens is 246 g/mol. The predicted molar refractivity (Wildman–Crippen MR) is 82.3 cm³/mol. The number of rotatable bonds is 6. The first-order valence-corrected chi connectivity index (χ1v) is 7.74. The Kier molecular flexibility index (Phi) is 6.04. The van der Waals surface area contributed by atoms with E-state index in [1.165, 1.54) is 31.4 Å². The van der Waals surface area contributed by atoms with Gasteiger partial charge in [0.2, 0.25) is 0 Å². The maximum absolute atomic E-state index is 8.99. The summed E-state index contributed by atoms with van der Waals surface area (Å²) in [4.78, 5) is 2.55. The van der Waals surface area contributed by atoms with Gasteiger partial charge in [0.05, 0.1) is 11.6 Å². The molecule has 2 rings (SSSR count). The van der Waals surface area contributed by atoms with Gasteiger partial charge < -0.3 is 5.32 Å². The highest BCUT2D eigenvalue weighted by atomic mass is 15.1. The summed E-state index contributed by atoms with van der Waals surface area (Å²) in [5.41, 5.74) is 2.02. The summed E-state index contributed by atoms with van der Waals surface area (Å²) in [5, 5.41) is 12.4. The van der Waals surface area contributed by atoms with E-state index in [0.717, 1.165) is 37.7 Å². The lowest BCUT2D eigenvalue weighted by Crippen LogP contribution is -2.36. The molecule has 0 spiro atoms. The summed E-state index contributed by atoms with van der Waals surface area (Å²) in [6, 6.07) is 10.2. The third-order valence-electron chi connectivity index (χ3n) is 3.98. The van der Waals surface area contributed by atoms with Gasteiger partial charge in [0.15, 0.2) is 0 Å². The molecule has 3 heteroatoms. The Morgan fingerprint density at radius 1 is 1.35 bits per heavy atom. The molecule has 0 amide bonds. The highest BCUT2D eigenvalue weighted by Gasteiger charge is 2.16. The Morgan fingerprint density at radius 2 is 2.15 bits per heavy atom. The zero-order chi connectivity index (χ0) is 14.2. The number of nitrogens with one attached hydrogen (secondary N) is 1. The fourth-order valence-corrected chi connectivity index (χ4v) is 2.98. The standard InChI is InChI=1S/C17H25N3/c1-2-10-20(13-15-6-8-19-9-7-15)14-17-5-3-4-16(11-17)12-18/h3-5,11,15,19H,2,6-10,13-14H2,1H3. The highest BCUT2D eigenvalue weighted by Crippen LogP contribution is 2.16. The zero-order valence-corrected chi connectivity index (χ0v) is 12.4. The Balaban J connectivity index is 1.95. The lowest BCUT2D eigenvalue weighted by Gasteiger charge is -2.30. The van der Waals surface area contributed by atoms with Gasteiger partial charge in [-0.2, -0.15) is 5.26 Å². The maximum atomic E-state index is 8.99. The van der Waals surface area contributed by atoms with E-state index in [1.807, 2.05) is 18.2 Å². The molecular formula is C17H25N3. The van der Waals surface area contributed by atoms with Crippen molar-refractivity contribution in [2.24, 2.45) is 5.92 Å². The second kappa shape index (κ2) is 8.04. The minimum absolute atomic E-state index is 0.765. The first kappa shape index (κ1) is 15.0. The van der Waals surface area contributed by atoms with E-state index in [2.05, 4.69) is 29.3 Å². The second-order valence-corrected chi connectivity index (χ2v) is 5.74. The number of piperidine rings is 1. The van der Waals surface area contributed by atoms with E-state index in [9.17, 15) is 0 Å². The van der Waals surface area contributed by atoms with Crippen molar-refractivity contribution >= 4 is 0 Å². The molecule has 1 fully saturated rings. The molecule has 0 aliphatic carbocycles. The Bertz CT molecular complexity index is 444. The van der Waals surface area contributed by atoms with Crippen LogP contribution in [0.15, 0.2) is 24.3 Å². The Hall–Kier alpha value is -1.37.